The summed E-state index contributed by atoms with van der Waals surface area (Å²) in [5.74, 6) is 0.183. The van der Waals surface area contributed by atoms with Gasteiger partial charge in [0.2, 0.25) is 5.91 Å². The van der Waals surface area contributed by atoms with Crippen LogP contribution in [0.5, 0.6) is 0 Å². The predicted molar refractivity (Wildman–Crippen MR) is 75.5 cm³/mol. The molecular formula is C15H24N2O. The number of benzene rings is 1. The molecule has 0 spiro atoms. The fourth-order valence-electron chi connectivity index (χ4n) is 1.77. The van der Waals surface area contributed by atoms with Gasteiger partial charge in [0.1, 0.15) is 0 Å². The van der Waals surface area contributed by atoms with E-state index in [0.717, 1.165) is 19.5 Å². The Bertz CT molecular complexity index is 349. The number of carbonyl (C=O) groups excluding carboxylic acids is 1. The van der Waals surface area contributed by atoms with Crippen molar-refractivity contribution < 1.29 is 4.79 Å². The zero-order valence-corrected chi connectivity index (χ0v) is 11.6. The van der Waals surface area contributed by atoms with Gasteiger partial charge in [-0.25, -0.2) is 0 Å². The second kappa shape index (κ2) is 7.88. The van der Waals surface area contributed by atoms with Gasteiger partial charge in [0, 0.05) is 19.1 Å². The minimum Gasteiger partial charge on any atom is -0.342 e. The van der Waals surface area contributed by atoms with Crippen molar-refractivity contribution in [3.63, 3.8) is 0 Å². The van der Waals surface area contributed by atoms with E-state index in [0.29, 0.717) is 12.6 Å². The highest BCUT2D eigenvalue weighted by atomic mass is 16.2. The summed E-state index contributed by atoms with van der Waals surface area (Å²) in [7, 11) is 0. The number of hydrogen-bond donors (Lipinski definition) is 1. The molecule has 3 nitrogen and oxygen atoms in total. The number of carbonyl (C=O) groups is 1. The van der Waals surface area contributed by atoms with Gasteiger partial charge in [-0.15, -0.1) is 0 Å². The molecule has 0 saturated carbocycles. The summed E-state index contributed by atoms with van der Waals surface area (Å²) in [5.41, 5.74) is 1.28. The Labute approximate surface area is 110 Å². The van der Waals surface area contributed by atoms with E-state index in [9.17, 15) is 4.79 Å². The zero-order chi connectivity index (χ0) is 13.4. The highest BCUT2D eigenvalue weighted by Gasteiger charge is 2.11. The van der Waals surface area contributed by atoms with Crippen LogP contribution in [0.2, 0.25) is 0 Å². The Balaban J connectivity index is 2.39. The molecule has 0 aliphatic heterocycles. The molecular weight excluding hydrogens is 224 g/mol. The number of nitrogens with zero attached hydrogens (tertiary/aromatic N) is 1. The second-order valence-corrected chi connectivity index (χ2v) is 4.74. The van der Waals surface area contributed by atoms with Gasteiger partial charge in [0.15, 0.2) is 0 Å². The number of rotatable bonds is 7. The average molecular weight is 248 g/mol. The van der Waals surface area contributed by atoms with Gasteiger partial charge in [-0.05, 0) is 18.9 Å². The Morgan fingerprint density at radius 1 is 1.28 bits per heavy atom. The van der Waals surface area contributed by atoms with Crippen LogP contribution in [0.4, 0.5) is 0 Å². The molecule has 0 aliphatic carbocycles. The van der Waals surface area contributed by atoms with Gasteiger partial charge in [-0.1, -0.05) is 44.2 Å². The predicted octanol–water partition coefficient (Wildman–Crippen LogP) is 2.08. The van der Waals surface area contributed by atoms with Crippen LogP contribution in [0, 0.1) is 0 Å². The van der Waals surface area contributed by atoms with Crippen LogP contribution in [0.25, 0.3) is 0 Å². The van der Waals surface area contributed by atoms with Crippen molar-refractivity contribution in [1.29, 1.82) is 0 Å². The normalized spacial score (nSPS) is 10.7. The zero-order valence-electron chi connectivity index (χ0n) is 11.6. The van der Waals surface area contributed by atoms with E-state index < -0.39 is 0 Å². The Hall–Kier alpha value is -1.35. The molecule has 1 aromatic carbocycles. The first-order valence-corrected chi connectivity index (χ1v) is 6.68. The van der Waals surface area contributed by atoms with Crippen LogP contribution in [-0.4, -0.2) is 36.5 Å². The quantitative estimate of drug-likeness (QED) is 0.801. The van der Waals surface area contributed by atoms with Crippen molar-refractivity contribution in [3.8, 4) is 0 Å². The van der Waals surface area contributed by atoms with Gasteiger partial charge in [-0.3, -0.25) is 4.79 Å². The van der Waals surface area contributed by atoms with E-state index in [1.165, 1.54) is 5.56 Å². The molecule has 3 heteroatoms. The molecule has 0 heterocycles. The third-order valence-electron chi connectivity index (χ3n) is 2.91. The molecule has 0 aromatic heterocycles. The summed E-state index contributed by atoms with van der Waals surface area (Å²) in [6.45, 7) is 8.12. The van der Waals surface area contributed by atoms with Crippen molar-refractivity contribution in [2.45, 2.75) is 33.2 Å². The van der Waals surface area contributed by atoms with Gasteiger partial charge in [0.25, 0.3) is 0 Å². The van der Waals surface area contributed by atoms with Crippen LogP contribution in [0.15, 0.2) is 30.3 Å². The van der Waals surface area contributed by atoms with Crippen LogP contribution >= 0.6 is 0 Å². The van der Waals surface area contributed by atoms with Crippen LogP contribution in [-0.2, 0) is 11.2 Å². The first kappa shape index (κ1) is 14.7. The standard InChI is InChI=1S/C15H24N2O/c1-4-17(15(18)12-16-13(2)3)11-10-14-8-6-5-7-9-14/h5-9,13,16H,4,10-12H2,1-3H3. The summed E-state index contributed by atoms with van der Waals surface area (Å²) in [6.07, 6.45) is 0.919. The van der Waals surface area contributed by atoms with Gasteiger partial charge in [-0.2, -0.15) is 0 Å². The lowest BCUT2D eigenvalue weighted by Crippen LogP contribution is -2.41. The van der Waals surface area contributed by atoms with E-state index in [4.69, 9.17) is 0 Å². The van der Waals surface area contributed by atoms with Gasteiger partial charge < -0.3 is 10.2 Å². The number of hydrogen-bond acceptors (Lipinski definition) is 2. The molecule has 1 N–H and O–H groups in total. The van der Waals surface area contributed by atoms with Crippen molar-refractivity contribution in [1.82, 2.24) is 10.2 Å². The first-order valence-electron chi connectivity index (χ1n) is 6.68. The van der Waals surface area contributed by atoms with E-state index in [1.54, 1.807) is 0 Å². The lowest BCUT2D eigenvalue weighted by molar-refractivity contribution is -0.130. The fourth-order valence-corrected chi connectivity index (χ4v) is 1.77. The molecule has 0 atom stereocenters. The lowest BCUT2D eigenvalue weighted by atomic mass is 10.1. The molecule has 1 rings (SSSR count). The molecule has 100 valence electrons. The third kappa shape index (κ3) is 5.32. The summed E-state index contributed by atoms with van der Waals surface area (Å²) in [5, 5.41) is 3.17. The monoisotopic (exact) mass is 248 g/mol. The summed E-state index contributed by atoms with van der Waals surface area (Å²) < 4.78 is 0. The van der Waals surface area contributed by atoms with Crippen LogP contribution in [0.1, 0.15) is 26.3 Å². The van der Waals surface area contributed by atoms with Crippen LogP contribution < -0.4 is 5.32 Å². The van der Waals surface area contributed by atoms with Gasteiger partial charge >= 0.3 is 0 Å². The summed E-state index contributed by atoms with van der Waals surface area (Å²) >= 11 is 0. The first-order chi connectivity index (χ1) is 8.63. The third-order valence-corrected chi connectivity index (χ3v) is 2.91. The number of nitrogens with one attached hydrogen (secondary N) is 1. The maximum absolute atomic E-state index is 12.0. The average Bonchev–Trinajstić information content (AvgIpc) is 2.38. The second-order valence-electron chi connectivity index (χ2n) is 4.74. The van der Waals surface area contributed by atoms with Crippen molar-refractivity contribution in [2.75, 3.05) is 19.6 Å². The number of amides is 1. The smallest absolute Gasteiger partial charge is 0.236 e. The topological polar surface area (TPSA) is 32.3 Å². The van der Waals surface area contributed by atoms with E-state index in [2.05, 4.69) is 17.4 Å². The Morgan fingerprint density at radius 2 is 1.94 bits per heavy atom. The molecule has 0 aliphatic rings. The number of likely N-dealkylation sites (N-methyl/N-ethyl adjacent to an activating group) is 1. The Kier molecular flexibility index (Phi) is 6.44. The van der Waals surface area contributed by atoms with Crippen LogP contribution in [0.3, 0.4) is 0 Å². The van der Waals surface area contributed by atoms with Crippen molar-refractivity contribution in [3.05, 3.63) is 35.9 Å². The molecule has 0 radical (unpaired) electrons. The summed E-state index contributed by atoms with van der Waals surface area (Å²) in [4.78, 5) is 13.9. The Morgan fingerprint density at radius 3 is 2.50 bits per heavy atom. The lowest BCUT2D eigenvalue weighted by Gasteiger charge is -2.21. The van der Waals surface area contributed by atoms with E-state index in [1.807, 2.05) is 43.9 Å². The molecule has 0 saturated heterocycles. The maximum Gasteiger partial charge on any atom is 0.236 e. The molecule has 0 unspecified atom stereocenters. The van der Waals surface area contributed by atoms with Crippen molar-refractivity contribution in [2.24, 2.45) is 0 Å². The fraction of sp³-hybridized carbons (Fsp3) is 0.533. The van der Waals surface area contributed by atoms with Crippen molar-refractivity contribution >= 4 is 5.91 Å². The highest BCUT2D eigenvalue weighted by Crippen LogP contribution is 2.01. The molecule has 0 bridgehead atoms. The summed E-state index contributed by atoms with van der Waals surface area (Å²) in [6, 6.07) is 10.6. The molecule has 1 amide bonds. The van der Waals surface area contributed by atoms with E-state index in [-0.39, 0.29) is 5.91 Å². The largest absolute Gasteiger partial charge is 0.342 e. The highest BCUT2D eigenvalue weighted by molar-refractivity contribution is 5.78. The molecule has 1 aromatic rings. The minimum absolute atomic E-state index is 0.183. The molecule has 18 heavy (non-hydrogen) atoms. The van der Waals surface area contributed by atoms with E-state index >= 15 is 0 Å². The minimum atomic E-state index is 0.183. The van der Waals surface area contributed by atoms with Gasteiger partial charge in [0.05, 0.1) is 6.54 Å². The maximum atomic E-state index is 12.0. The SMILES string of the molecule is CCN(CCc1ccccc1)C(=O)CNC(C)C. The molecule has 0 fully saturated rings.